The second-order valence-electron chi connectivity index (χ2n) is 20.1. The molecular weight excluding hydrogens is 1040 g/mol. The number of nitrogens with zero attached hydrogens (tertiary/aromatic N) is 2. The number of amides is 8. The topological polar surface area (TPSA) is 445 Å². The molecule has 0 spiro atoms. The van der Waals surface area contributed by atoms with Gasteiger partial charge in [0.05, 0.1) is 43.0 Å². The Labute approximate surface area is 460 Å². The van der Waals surface area contributed by atoms with Crippen LogP contribution >= 0.6 is 0 Å². The smallest absolute Gasteiger partial charge is 0.716 e. The van der Waals surface area contributed by atoms with Gasteiger partial charge in [0, 0.05) is 63.9 Å². The number of β-amino-alcohol motifs (C(OH)–C–C–N with tert-alkyl or cyclic N) is 1. The van der Waals surface area contributed by atoms with Crippen LogP contribution in [0.15, 0.2) is 18.2 Å². The van der Waals surface area contributed by atoms with Crippen molar-refractivity contribution >= 4 is 57.8 Å². The van der Waals surface area contributed by atoms with E-state index in [2.05, 4.69) is 41.4 Å². The first kappa shape index (κ1) is 65.3. The van der Waals surface area contributed by atoms with E-state index in [4.69, 9.17) is 4.74 Å². The van der Waals surface area contributed by atoms with Gasteiger partial charge in [-0.25, -0.2) is 13.2 Å². The van der Waals surface area contributed by atoms with E-state index in [1.165, 1.54) is 27.7 Å². The summed E-state index contributed by atoms with van der Waals surface area (Å²) in [6.45, 7) is 9.33. The molecule has 1 aromatic carbocycles. The van der Waals surface area contributed by atoms with E-state index in [9.17, 15) is 87.1 Å². The minimum Gasteiger partial charge on any atom is -0.716 e. The zero-order chi connectivity index (χ0) is 56.4. The maximum absolute atomic E-state index is 14.8. The standard InChI is InChI=1S/C45H71N9O20S.Na/c1-20(2)46-10-11-47-32(61)16-30(60)35-43(68)54-18-21(3)37(62)36(54)41(66)48-17-24(56)14-26(49-44(69)73-45(5,6)7)38(63)50-33(22(4)55)42(67)53-19-25(57)15-27(53)39(64)51-34(40(65)52-35)29(59)12-23-8-9-28(58)31(13-23)74-75(70,71)72;/h8-9,13,20-22,24-27,29-30,33-37,46,55-60,62H,10-12,14-19H2,1-7H3,(H,47,61)(H,48,66)(H,49,69)(H,50,63)(H,51,64)(H,52,65)(H,70,71,72);/q;+1/p-1/t21-,22+,24+,25+,26-,27-,29+,30+,33?,34-,35-,36-,37-;/m0./s1. The Balaban J connectivity index is 0.0000152. The number of hydrogen-bond donors (Lipinski definition) is 14. The largest absolute Gasteiger partial charge is 1.00 e. The van der Waals surface area contributed by atoms with Crippen LogP contribution in [0.1, 0.15) is 73.3 Å². The van der Waals surface area contributed by atoms with Crippen LogP contribution in [0.2, 0.25) is 0 Å². The van der Waals surface area contributed by atoms with Crippen molar-refractivity contribution in [2.45, 2.75) is 159 Å². The van der Waals surface area contributed by atoms with E-state index in [1.54, 1.807) is 0 Å². The third kappa shape index (κ3) is 18.9. The van der Waals surface area contributed by atoms with Crippen molar-refractivity contribution in [1.29, 1.82) is 0 Å². The molecule has 76 heavy (non-hydrogen) atoms. The van der Waals surface area contributed by atoms with Gasteiger partial charge in [0.2, 0.25) is 41.4 Å². The SMILES string of the molecule is CC(C)NCCNC(=O)C[C@@H](O)[C@@H]1NC(=O)[C@H]([C@H](O)Cc2ccc(O)c(OS(=O)(=O)[O-])c2)NC(=O)[C@@H]2C[C@@H](O)CN2C(=O)C([C@@H](C)O)NC(=O)[C@@H](NC(=O)OC(C)(C)C)C[C@@H](O)CNC(=O)[C@@H]2[C@@H](O)[C@@H](C)CN2C1=O.[Na+]. The van der Waals surface area contributed by atoms with E-state index in [-0.39, 0.29) is 54.3 Å². The number of aliphatic hydroxyl groups is 6. The van der Waals surface area contributed by atoms with Crippen molar-refractivity contribution < 1.29 is 126 Å². The molecule has 0 aliphatic carbocycles. The molecule has 13 atom stereocenters. The Bertz CT molecular complexity index is 2360. The van der Waals surface area contributed by atoms with Crippen molar-refractivity contribution in [1.82, 2.24) is 47.0 Å². The van der Waals surface area contributed by atoms with Crippen LogP contribution in [0.25, 0.3) is 0 Å². The second-order valence-corrected chi connectivity index (χ2v) is 21.1. The molecule has 8 amide bonds. The number of aliphatic hydroxyl groups excluding tert-OH is 6. The van der Waals surface area contributed by atoms with Crippen molar-refractivity contribution in [2.75, 3.05) is 32.7 Å². The van der Waals surface area contributed by atoms with Gasteiger partial charge in [0.15, 0.2) is 11.5 Å². The number of benzene rings is 1. The zero-order valence-corrected chi connectivity index (χ0v) is 46.2. The van der Waals surface area contributed by atoms with Gasteiger partial charge in [0.1, 0.15) is 41.9 Å². The van der Waals surface area contributed by atoms with E-state index in [0.29, 0.717) is 0 Å². The summed E-state index contributed by atoms with van der Waals surface area (Å²) >= 11 is 0. The number of nitrogens with one attached hydrogen (secondary N) is 7. The summed E-state index contributed by atoms with van der Waals surface area (Å²) in [4.78, 5) is 114. The number of aromatic hydroxyl groups is 1. The van der Waals surface area contributed by atoms with Crippen LogP contribution in [0.4, 0.5) is 4.79 Å². The molecule has 1 aromatic rings. The van der Waals surface area contributed by atoms with E-state index in [1.807, 2.05) is 13.8 Å². The third-order valence-electron chi connectivity index (χ3n) is 12.2. The van der Waals surface area contributed by atoms with Gasteiger partial charge < -0.3 is 96.2 Å². The number of rotatable bonds is 14. The summed E-state index contributed by atoms with van der Waals surface area (Å²) in [5, 5.41) is 95.0. The molecule has 0 saturated carbocycles. The molecular formula is C45H70N9NaO20S. The first-order valence-electron chi connectivity index (χ1n) is 24.1. The minimum atomic E-state index is -5.48. The predicted molar refractivity (Wildman–Crippen MR) is 256 cm³/mol. The Morgan fingerprint density at radius 2 is 1.45 bits per heavy atom. The molecule has 1 unspecified atom stereocenters. The van der Waals surface area contributed by atoms with Gasteiger partial charge in [0.25, 0.3) is 10.4 Å². The summed E-state index contributed by atoms with van der Waals surface area (Å²) in [5.41, 5.74) is -1.26. The van der Waals surface area contributed by atoms with Crippen molar-refractivity contribution in [3.63, 3.8) is 0 Å². The summed E-state index contributed by atoms with van der Waals surface area (Å²) in [7, 11) is -5.48. The second kappa shape index (κ2) is 28.1. The van der Waals surface area contributed by atoms with Crippen molar-refractivity contribution in [2.24, 2.45) is 5.92 Å². The maximum Gasteiger partial charge on any atom is 1.00 e. The Hall–Kier alpha value is -4.99. The van der Waals surface area contributed by atoms with Crippen LogP contribution in [0, 0.1) is 5.92 Å². The Morgan fingerprint density at radius 1 is 0.829 bits per heavy atom. The fourth-order valence-electron chi connectivity index (χ4n) is 8.53. The molecule has 3 saturated heterocycles. The molecule has 4 rings (SSSR count). The minimum absolute atomic E-state index is 0. The third-order valence-corrected chi connectivity index (χ3v) is 12.6. The van der Waals surface area contributed by atoms with Gasteiger partial charge in [-0.15, -0.1) is 0 Å². The molecule has 3 heterocycles. The Morgan fingerprint density at radius 3 is 2.05 bits per heavy atom. The quantitative estimate of drug-likeness (QED) is 0.0356. The van der Waals surface area contributed by atoms with Crippen molar-refractivity contribution in [3.8, 4) is 11.5 Å². The summed E-state index contributed by atoms with van der Waals surface area (Å²) in [6.07, 6.45) is -15.0. The molecule has 0 bridgehead atoms. The van der Waals surface area contributed by atoms with E-state index in [0.717, 1.165) is 34.9 Å². The van der Waals surface area contributed by atoms with Gasteiger partial charge in [-0.3, -0.25) is 33.6 Å². The average Bonchev–Trinajstić information content (AvgIpc) is 3.83. The number of ether oxygens (including phenoxy) is 1. The number of carbonyl (C=O) groups is 8. The summed E-state index contributed by atoms with van der Waals surface area (Å²) in [6, 6.07) is -9.05. The fraction of sp³-hybridized carbons (Fsp3) is 0.689. The number of carbonyl (C=O) groups excluding carboxylic acids is 8. The van der Waals surface area contributed by atoms with Crippen molar-refractivity contribution in [3.05, 3.63) is 23.8 Å². The number of phenols is 1. The molecule has 3 fully saturated rings. The summed E-state index contributed by atoms with van der Waals surface area (Å²) < 4.78 is 43.8. The average molecular weight is 1110 g/mol. The van der Waals surface area contributed by atoms with Gasteiger partial charge in [-0.1, -0.05) is 26.8 Å². The van der Waals surface area contributed by atoms with Crippen LogP contribution in [0.3, 0.4) is 0 Å². The van der Waals surface area contributed by atoms with Gasteiger partial charge in [-0.2, -0.15) is 0 Å². The number of hydrogen-bond acceptors (Lipinski definition) is 21. The maximum atomic E-state index is 14.8. The number of fused-ring (bicyclic) bond motifs is 2. The van der Waals surface area contributed by atoms with E-state index >= 15 is 0 Å². The normalized spacial score (nSPS) is 27.7. The number of phenolic OH excluding ortho intramolecular Hbond substituents is 1. The monoisotopic (exact) mass is 1110 g/mol. The van der Waals surface area contributed by atoms with Crippen LogP contribution in [-0.2, 0) is 55.1 Å². The van der Waals surface area contributed by atoms with Crippen LogP contribution < -0.4 is 71.0 Å². The molecule has 3 aliphatic rings. The van der Waals surface area contributed by atoms with Gasteiger partial charge in [-0.05, 0) is 45.4 Å². The molecule has 14 N–H and O–H groups in total. The zero-order valence-electron chi connectivity index (χ0n) is 43.4. The Kier molecular flexibility index (Phi) is 24.1. The molecule has 0 radical (unpaired) electrons. The first-order chi connectivity index (χ1) is 34.8. The molecule has 29 nitrogen and oxygen atoms in total. The first-order valence-corrected chi connectivity index (χ1v) is 25.4. The van der Waals surface area contributed by atoms with Crippen LogP contribution in [-0.4, -0.2) is 223 Å². The molecule has 0 aromatic heterocycles. The van der Waals surface area contributed by atoms with Crippen LogP contribution in [0.5, 0.6) is 11.5 Å². The molecule has 422 valence electrons. The van der Waals surface area contributed by atoms with E-state index < -0.39 is 199 Å². The van der Waals surface area contributed by atoms with Gasteiger partial charge >= 0.3 is 35.7 Å². The number of alkyl carbamates (subject to hydrolysis) is 1. The molecule has 3 aliphatic heterocycles. The summed E-state index contributed by atoms with van der Waals surface area (Å²) in [5.74, 6) is -11.0. The molecule has 31 heteroatoms. The fourth-order valence-corrected chi connectivity index (χ4v) is 8.89. The predicted octanol–water partition coefficient (Wildman–Crippen LogP) is -9.22.